The van der Waals surface area contributed by atoms with Crippen LogP contribution in [0.15, 0.2) is 0 Å². The fourth-order valence-corrected chi connectivity index (χ4v) is 4.53. The molecule has 0 amide bonds. The lowest BCUT2D eigenvalue weighted by Crippen LogP contribution is -2.66. The van der Waals surface area contributed by atoms with E-state index in [1.807, 2.05) is 0 Å². The van der Waals surface area contributed by atoms with Crippen molar-refractivity contribution in [1.29, 1.82) is 0 Å². The van der Waals surface area contributed by atoms with Crippen molar-refractivity contribution in [3.05, 3.63) is 0 Å². The van der Waals surface area contributed by atoms with Crippen LogP contribution in [0.3, 0.4) is 0 Å². The van der Waals surface area contributed by atoms with Crippen LogP contribution in [0.4, 0.5) is 0 Å². The van der Waals surface area contributed by atoms with Gasteiger partial charge in [0.25, 0.3) is 0 Å². The minimum absolute atomic E-state index is 0.371. The zero-order valence-electron chi connectivity index (χ0n) is 20.3. The van der Waals surface area contributed by atoms with E-state index in [1.165, 1.54) is 0 Å². The van der Waals surface area contributed by atoms with Crippen LogP contribution in [0.2, 0.25) is 0 Å². The summed E-state index contributed by atoms with van der Waals surface area (Å²) in [5, 5.41) is 101. The molecule has 0 saturated carbocycles. The normalized spacial score (nSPS) is 49.4. The topological polar surface area (TPSA) is 258 Å². The molecule has 3 heterocycles. The molecule has 3 rings (SSSR count). The maximum Gasteiger partial charge on any atom is 0.187 e. The molecule has 3 aliphatic heterocycles. The van der Waals surface area contributed by atoms with Gasteiger partial charge in [-0.2, -0.15) is 0 Å². The van der Waals surface area contributed by atoms with Gasteiger partial charge < -0.3 is 79.5 Å². The number of hydrogen-bond donors (Lipinski definition) is 10. The van der Waals surface area contributed by atoms with Crippen LogP contribution in [0.5, 0.6) is 0 Å². The fourth-order valence-electron chi connectivity index (χ4n) is 4.53. The highest BCUT2D eigenvalue weighted by Crippen LogP contribution is 2.32. The van der Waals surface area contributed by atoms with Crippen LogP contribution >= 0.6 is 0 Å². The molecule has 0 aliphatic carbocycles. The molecule has 0 aromatic rings. The first-order valence-corrected chi connectivity index (χ1v) is 12.0. The lowest BCUT2D eigenvalue weighted by atomic mass is 9.96. The molecule has 15 atom stereocenters. The maximum absolute atomic E-state index is 10.7. The quantitative estimate of drug-likeness (QED) is 0.129. The van der Waals surface area contributed by atoms with Crippen molar-refractivity contribution in [2.24, 2.45) is 0 Å². The van der Waals surface area contributed by atoms with Crippen LogP contribution in [0, 0.1) is 0 Å². The predicted molar refractivity (Wildman–Crippen MR) is 115 cm³/mol. The molecule has 0 aromatic carbocycles. The second kappa shape index (κ2) is 13.1. The molecular weight excluding hydrogens is 508 g/mol. The van der Waals surface area contributed by atoms with E-state index in [2.05, 4.69) is 0 Å². The van der Waals surface area contributed by atoms with Crippen molar-refractivity contribution in [2.45, 2.75) is 112 Å². The summed E-state index contributed by atoms with van der Waals surface area (Å²) in [5.74, 6) is 0. The number of hydrogen-bond acceptors (Lipinski definition) is 16. The van der Waals surface area contributed by atoms with Gasteiger partial charge in [-0.05, 0) is 13.8 Å². The van der Waals surface area contributed by atoms with E-state index in [9.17, 15) is 51.1 Å². The molecule has 0 spiro atoms. The number of ether oxygens (including phenoxy) is 6. The smallest absolute Gasteiger partial charge is 0.187 e. The van der Waals surface area contributed by atoms with Gasteiger partial charge in [-0.3, -0.25) is 0 Å². The molecule has 37 heavy (non-hydrogen) atoms. The first-order valence-electron chi connectivity index (χ1n) is 12.0. The van der Waals surface area contributed by atoms with Crippen molar-refractivity contribution in [3.63, 3.8) is 0 Å². The Morgan fingerprint density at radius 2 is 0.919 bits per heavy atom. The Morgan fingerprint density at radius 3 is 1.35 bits per heavy atom. The van der Waals surface area contributed by atoms with Crippen molar-refractivity contribution in [1.82, 2.24) is 0 Å². The monoisotopic (exact) mass is 546 g/mol. The minimum atomic E-state index is -1.89. The summed E-state index contributed by atoms with van der Waals surface area (Å²) in [5.41, 5.74) is 0. The highest BCUT2D eigenvalue weighted by molar-refractivity contribution is 4.96. The van der Waals surface area contributed by atoms with E-state index in [0.717, 1.165) is 0 Å². The average molecular weight is 547 g/mol. The number of rotatable bonds is 9. The van der Waals surface area contributed by atoms with Gasteiger partial charge in [0.15, 0.2) is 18.9 Å². The molecule has 16 heteroatoms. The summed E-state index contributed by atoms with van der Waals surface area (Å²) >= 11 is 0. The molecule has 16 nitrogen and oxygen atoms in total. The fraction of sp³-hybridized carbons (Fsp3) is 1.00. The SMILES string of the molecule is CC(C)O[C@H]1C(CO)O[C@@H](O[C@H]2C(CO)O[C@@H](O[C@H]3C(CO)O[C@@H](O)C(O)[C@@H]3O)C(O)[C@@H]2O)C(O)[C@@H]1O. The highest BCUT2D eigenvalue weighted by atomic mass is 16.8. The van der Waals surface area contributed by atoms with E-state index < -0.39 is 112 Å². The second-order valence-electron chi connectivity index (χ2n) is 9.49. The molecule has 0 bridgehead atoms. The van der Waals surface area contributed by atoms with E-state index in [0.29, 0.717) is 0 Å². The lowest BCUT2D eigenvalue weighted by molar-refractivity contribution is -0.379. The standard InChI is InChI=1S/C21H38O16/c1-6(2)32-16-8(4-23)34-20(14(29)11(16)26)37-18-9(5-24)35-21(15(30)12(18)27)36-17-7(3-22)33-19(31)13(28)10(17)25/h6-31H,3-5H2,1-2H3/t7?,8?,9?,10-,11-,12-,13?,14?,15?,16-,17-,18-,19+,20-,21-/m0/s1. The third-order valence-corrected chi connectivity index (χ3v) is 6.49. The largest absolute Gasteiger partial charge is 0.394 e. The Hall–Kier alpha value is -0.640. The van der Waals surface area contributed by atoms with E-state index in [4.69, 9.17) is 28.4 Å². The number of aliphatic hydroxyl groups is 10. The predicted octanol–water partition coefficient (Wildman–Crippen LogP) is -6.14. The molecule has 3 aliphatic rings. The van der Waals surface area contributed by atoms with E-state index in [-0.39, 0.29) is 6.10 Å². The van der Waals surface area contributed by atoms with Gasteiger partial charge in [-0.25, -0.2) is 0 Å². The van der Waals surface area contributed by atoms with Crippen molar-refractivity contribution < 1.29 is 79.5 Å². The molecule has 0 radical (unpaired) electrons. The van der Waals surface area contributed by atoms with Gasteiger partial charge in [0.1, 0.15) is 73.2 Å². The van der Waals surface area contributed by atoms with Crippen LogP contribution in [-0.4, -0.2) is 169 Å². The summed E-state index contributed by atoms with van der Waals surface area (Å²) in [6, 6.07) is 0. The maximum atomic E-state index is 10.7. The molecule has 3 saturated heterocycles. The van der Waals surface area contributed by atoms with E-state index >= 15 is 0 Å². The van der Waals surface area contributed by atoms with Gasteiger partial charge in [-0.1, -0.05) is 0 Å². The van der Waals surface area contributed by atoms with Crippen LogP contribution in [-0.2, 0) is 28.4 Å². The Kier molecular flexibility index (Phi) is 11.0. The molecular formula is C21H38O16. The first-order chi connectivity index (χ1) is 17.4. The molecule has 10 N–H and O–H groups in total. The Bertz CT molecular complexity index is 693. The van der Waals surface area contributed by atoms with Crippen molar-refractivity contribution in [2.75, 3.05) is 19.8 Å². The highest BCUT2D eigenvalue weighted by Gasteiger charge is 2.53. The van der Waals surface area contributed by atoms with Crippen LogP contribution < -0.4 is 0 Å². The van der Waals surface area contributed by atoms with Crippen LogP contribution in [0.25, 0.3) is 0 Å². The summed E-state index contributed by atoms with van der Waals surface area (Å²) in [7, 11) is 0. The van der Waals surface area contributed by atoms with Gasteiger partial charge in [0.05, 0.1) is 25.9 Å². The van der Waals surface area contributed by atoms with Gasteiger partial charge in [0.2, 0.25) is 0 Å². The summed E-state index contributed by atoms with van der Waals surface area (Å²) < 4.78 is 32.6. The van der Waals surface area contributed by atoms with Crippen molar-refractivity contribution in [3.8, 4) is 0 Å². The third-order valence-electron chi connectivity index (χ3n) is 6.49. The van der Waals surface area contributed by atoms with Gasteiger partial charge in [-0.15, -0.1) is 0 Å². The molecule has 218 valence electrons. The summed E-state index contributed by atoms with van der Waals surface area (Å²) in [4.78, 5) is 0. The first kappa shape index (κ1) is 30.9. The van der Waals surface area contributed by atoms with E-state index in [1.54, 1.807) is 13.8 Å². The summed E-state index contributed by atoms with van der Waals surface area (Å²) in [6.45, 7) is 1.21. The Morgan fingerprint density at radius 1 is 0.541 bits per heavy atom. The van der Waals surface area contributed by atoms with Crippen molar-refractivity contribution >= 4 is 0 Å². The zero-order valence-corrected chi connectivity index (χ0v) is 20.3. The lowest BCUT2D eigenvalue weighted by Gasteiger charge is -2.48. The third kappa shape index (κ3) is 6.58. The average Bonchev–Trinajstić information content (AvgIpc) is 2.87. The van der Waals surface area contributed by atoms with Gasteiger partial charge in [0, 0.05) is 0 Å². The van der Waals surface area contributed by atoms with Crippen LogP contribution in [0.1, 0.15) is 13.8 Å². The zero-order chi connectivity index (χ0) is 27.6. The Balaban J connectivity index is 1.71. The Labute approximate surface area is 212 Å². The molecule has 3 fully saturated rings. The second-order valence-corrected chi connectivity index (χ2v) is 9.49. The number of aliphatic hydroxyl groups excluding tert-OH is 10. The minimum Gasteiger partial charge on any atom is -0.394 e. The summed E-state index contributed by atoms with van der Waals surface area (Å²) in [6.07, 6.45) is -24.2. The molecule has 6 unspecified atom stereocenters. The molecule has 0 aromatic heterocycles. The van der Waals surface area contributed by atoms with Gasteiger partial charge >= 0.3 is 0 Å².